The molecule has 178 valence electrons. The number of nitrogens with zero attached hydrogens (tertiary/aromatic N) is 1. The van der Waals surface area contributed by atoms with E-state index in [0.717, 1.165) is 11.1 Å². The molecule has 0 bridgehead atoms. The van der Waals surface area contributed by atoms with Gasteiger partial charge in [-0.25, -0.2) is 0 Å². The molecule has 1 atom stereocenters. The lowest BCUT2D eigenvalue weighted by molar-refractivity contribution is -0.143. The summed E-state index contributed by atoms with van der Waals surface area (Å²) in [7, 11) is 0. The SMILES string of the molecule is CC(C)NC(=O)[C@@H](Cc1ccccc1)N(Cc1ccc(Cl)cc1)C(=O)COc1cccc(Cl)c1. The first-order valence-corrected chi connectivity index (χ1v) is 11.8. The van der Waals surface area contributed by atoms with Crippen LogP contribution >= 0.6 is 23.2 Å². The molecule has 0 heterocycles. The van der Waals surface area contributed by atoms with Crippen LogP contribution in [0.1, 0.15) is 25.0 Å². The maximum Gasteiger partial charge on any atom is 0.261 e. The molecule has 0 aliphatic heterocycles. The Morgan fingerprint density at radius 2 is 1.59 bits per heavy atom. The topological polar surface area (TPSA) is 58.6 Å². The average molecular weight is 499 g/mol. The highest BCUT2D eigenvalue weighted by atomic mass is 35.5. The van der Waals surface area contributed by atoms with E-state index in [1.54, 1.807) is 41.3 Å². The number of halogens is 2. The van der Waals surface area contributed by atoms with Gasteiger partial charge in [-0.05, 0) is 55.3 Å². The summed E-state index contributed by atoms with van der Waals surface area (Å²) >= 11 is 12.1. The van der Waals surface area contributed by atoms with Crippen LogP contribution < -0.4 is 10.1 Å². The summed E-state index contributed by atoms with van der Waals surface area (Å²) in [6.07, 6.45) is 0.371. The Morgan fingerprint density at radius 1 is 0.882 bits per heavy atom. The van der Waals surface area contributed by atoms with Crippen molar-refractivity contribution in [1.29, 1.82) is 0 Å². The second-order valence-corrected chi connectivity index (χ2v) is 9.14. The van der Waals surface area contributed by atoms with Crippen LogP contribution in [0.5, 0.6) is 5.75 Å². The van der Waals surface area contributed by atoms with E-state index < -0.39 is 6.04 Å². The number of amides is 2. The molecule has 0 aliphatic carbocycles. The Balaban J connectivity index is 1.90. The van der Waals surface area contributed by atoms with Gasteiger partial charge in [0.05, 0.1) is 0 Å². The molecule has 0 unspecified atom stereocenters. The molecule has 3 aromatic rings. The van der Waals surface area contributed by atoms with Gasteiger partial charge in [0.25, 0.3) is 5.91 Å². The second-order valence-electron chi connectivity index (χ2n) is 8.26. The van der Waals surface area contributed by atoms with Crippen molar-refractivity contribution >= 4 is 35.0 Å². The van der Waals surface area contributed by atoms with Gasteiger partial charge in [-0.2, -0.15) is 0 Å². The zero-order valence-electron chi connectivity index (χ0n) is 19.2. The van der Waals surface area contributed by atoms with Gasteiger partial charge in [-0.1, -0.05) is 71.7 Å². The van der Waals surface area contributed by atoms with Gasteiger partial charge in [-0.3, -0.25) is 9.59 Å². The van der Waals surface area contributed by atoms with Crippen molar-refractivity contribution in [3.63, 3.8) is 0 Å². The summed E-state index contributed by atoms with van der Waals surface area (Å²) in [5.74, 6) is -0.0442. The predicted octanol–water partition coefficient (Wildman–Crippen LogP) is 5.54. The lowest BCUT2D eigenvalue weighted by atomic mass is 10.0. The van der Waals surface area contributed by atoms with Crippen LogP contribution in [0.25, 0.3) is 0 Å². The number of hydrogen-bond donors (Lipinski definition) is 1. The van der Waals surface area contributed by atoms with E-state index in [2.05, 4.69) is 5.32 Å². The fourth-order valence-corrected chi connectivity index (χ4v) is 3.81. The van der Waals surface area contributed by atoms with Crippen LogP contribution in [0, 0.1) is 0 Å². The molecule has 0 spiro atoms. The lowest BCUT2D eigenvalue weighted by Gasteiger charge is -2.32. The van der Waals surface area contributed by atoms with Crippen LogP contribution in [0.15, 0.2) is 78.9 Å². The van der Waals surface area contributed by atoms with Crippen molar-refractivity contribution in [2.24, 2.45) is 0 Å². The average Bonchev–Trinajstić information content (AvgIpc) is 2.81. The van der Waals surface area contributed by atoms with E-state index >= 15 is 0 Å². The molecule has 0 radical (unpaired) electrons. The van der Waals surface area contributed by atoms with E-state index in [9.17, 15) is 9.59 Å². The van der Waals surface area contributed by atoms with Crippen LogP contribution in [-0.4, -0.2) is 35.4 Å². The van der Waals surface area contributed by atoms with E-state index in [0.29, 0.717) is 22.2 Å². The number of carbonyl (C=O) groups excluding carboxylic acids is 2. The fourth-order valence-electron chi connectivity index (χ4n) is 3.51. The van der Waals surface area contributed by atoms with Gasteiger partial charge in [-0.15, -0.1) is 0 Å². The Morgan fingerprint density at radius 3 is 2.24 bits per heavy atom. The minimum atomic E-state index is -0.726. The first-order valence-electron chi connectivity index (χ1n) is 11.1. The van der Waals surface area contributed by atoms with E-state index in [4.69, 9.17) is 27.9 Å². The molecule has 0 aliphatic rings. The molecule has 2 amide bonds. The molecule has 3 aromatic carbocycles. The third-order valence-corrected chi connectivity index (χ3v) is 5.61. The quantitative estimate of drug-likeness (QED) is 0.399. The number of ether oxygens (including phenoxy) is 1. The summed E-state index contributed by atoms with van der Waals surface area (Å²) in [6.45, 7) is 3.79. The van der Waals surface area contributed by atoms with E-state index in [1.807, 2.05) is 56.3 Å². The van der Waals surface area contributed by atoms with Crippen LogP contribution in [0.3, 0.4) is 0 Å². The van der Waals surface area contributed by atoms with Gasteiger partial charge in [0.15, 0.2) is 6.61 Å². The smallest absolute Gasteiger partial charge is 0.261 e. The van der Waals surface area contributed by atoms with E-state index in [-0.39, 0.29) is 31.0 Å². The highest BCUT2D eigenvalue weighted by molar-refractivity contribution is 6.30. The van der Waals surface area contributed by atoms with Crippen molar-refractivity contribution in [2.45, 2.75) is 38.9 Å². The van der Waals surface area contributed by atoms with Crippen molar-refractivity contribution in [3.05, 3.63) is 100 Å². The van der Waals surface area contributed by atoms with Gasteiger partial charge >= 0.3 is 0 Å². The Kier molecular flexibility index (Phi) is 9.37. The Labute approximate surface area is 210 Å². The maximum absolute atomic E-state index is 13.5. The summed E-state index contributed by atoms with van der Waals surface area (Å²) in [4.78, 5) is 28.3. The van der Waals surface area contributed by atoms with Crippen molar-refractivity contribution in [3.8, 4) is 5.75 Å². The van der Waals surface area contributed by atoms with Crippen LogP contribution in [0.4, 0.5) is 0 Å². The molecule has 7 heteroatoms. The molecule has 0 fully saturated rings. The molecular weight excluding hydrogens is 471 g/mol. The van der Waals surface area contributed by atoms with Gasteiger partial charge in [0, 0.05) is 29.1 Å². The molecule has 0 saturated carbocycles. The summed E-state index contributed by atoms with van der Waals surface area (Å²) in [5, 5.41) is 4.08. The number of carbonyl (C=O) groups is 2. The zero-order valence-corrected chi connectivity index (χ0v) is 20.7. The van der Waals surface area contributed by atoms with Crippen LogP contribution in [0.2, 0.25) is 10.0 Å². The molecule has 0 aromatic heterocycles. The number of benzene rings is 3. The summed E-state index contributed by atoms with van der Waals surface area (Å²) < 4.78 is 5.72. The number of nitrogens with one attached hydrogen (secondary N) is 1. The van der Waals surface area contributed by atoms with E-state index in [1.165, 1.54) is 0 Å². The normalized spacial score (nSPS) is 11.7. The summed E-state index contributed by atoms with van der Waals surface area (Å²) in [5.41, 5.74) is 1.81. The minimum Gasteiger partial charge on any atom is -0.484 e. The largest absolute Gasteiger partial charge is 0.484 e. The number of rotatable bonds is 10. The predicted molar refractivity (Wildman–Crippen MR) is 136 cm³/mol. The highest BCUT2D eigenvalue weighted by Crippen LogP contribution is 2.19. The lowest BCUT2D eigenvalue weighted by Crippen LogP contribution is -2.52. The second kappa shape index (κ2) is 12.4. The monoisotopic (exact) mass is 498 g/mol. The van der Waals surface area contributed by atoms with Crippen molar-refractivity contribution in [1.82, 2.24) is 10.2 Å². The number of hydrogen-bond acceptors (Lipinski definition) is 3. The van der Waals surface area contributed by atoms with Crippen molar-refractivity contribution < 1.29 is 14.3 Å². The molecule has 34 heavy (non-hydrogen) atoms. The first-order chi connectivity index (χ1) is 16.3. The molecule has 3 rings (SSSR count). The Hall–Kier alpha value is -3.02. The van der Waals surface area contributed by atoms with Gasteiger partial charge in [0.1, 0.15) is 11.8 Å². The maximum atomic E-state index is 13.5. The molecule has 5 nitrogen and oxygen atoms in total. The third-order valence-electron chi connectivity index (χ3n) is 5.13. The minimum absolute atomic E-state index is 0.0685. The molecule has 0 saturated heterocycles. The van der Waals surface area contributed by atoms with Gasteiger partial charge in [0.2, 0.25) is 5.91 Å². The third kappa shape index (κ3) is 7.79. The highest BCUT2D eigenvalue weighted by Gasteiger charge is 2.31. The standard InChI is InChI=1S/C27H28Cl2N2O3/c1-19(2)30-27(33)25(15-20-7-4-3-5-8-20)31(17-21-11-13-22(28)14-12-21)26(32)18-34-24-10-6-9-23(29)16-24/h3-14,16,19,25H,15,17-18H2,1-2H3,(H,30,33)/t25-/m1/s1. The fraction of sp³-hybridized carbons (Fsp3) is 0.259. The summed E-state index contributed by atoms with van der Waals surface area (Å²) in [6, 6.07) is 22.9. The van der Waals surface area contributed by atoms with Crippen LogP contribution in [-0.2, 0) is 22.6 Å². The first kappa shape index (κ1) is 25.6. The molecular formula is C27H28Cl2N2O3. The Bertz CT molecular complexity index is 1090. The van der Waals surface area contributed by atoms with Crippen molar-refractivity contribution in [2.75, 3.05) is 6.61 Å². The van der Waals surface area contributed by atoms with Gasteiger partial charge < -0.3 is 15.0 Å². The molecule has 1 N–H and O–H groups in total. The zero-order chi connectivity index (χ0) is 24.5.